The molecule has 0 spiro atoms. The van der Waals surface area contributed by atoms with Gasteiger partial charge in [-0.05, 0) is 31.4 Å². The highest BCUT2D eigenvalue weighted by atomic mass is 16.2. The van der Waals surface area contributed by atoms with Gasteiger partial charge in [0.1, 0.15) is 5.82 Å². The quantitative estimate of drug-likeness (QED) is 0.762. The smallest absolute Gasteiger partial charge is 0.320 e. The van der Waals surface area contributed by atoms with E-state index in [1.54, 1.807) is 4.68 Å². The molecule has 118 valence electrons. The number of hydrogen-bond acceptors (Lipinski definition) is 4. The topological polar surface area (TPSA) is 89.1 Å². The maximum absolute atomic E-state index is 12.2. The van der Waals surface area contributed by atoms with Crippen LogP contribution >= 0.6 is 0 Å². The normalized spacial score (nSPS) is 13.3. The predicted octanol–water partition coefficient (Wildman–Crippen LogP) is 1.27. The number of urea groups is 1. The number of nitrogens with zero attached hydrogens (tertiary/aromatic N) is 5. The summed E-state index contributed by atoms with van der Waals surface area (Å²) in [6.07, 6.45) is 4.92. The van der Waals surface area contributed by atoms with Crippen molar-refractivity contribution in [3.63, 3.8) is 0 Å². The van der Waals surface area contributed by atoms with Gasteiger partial charge in [-0.25, -0.2) is 4.79 Å². The molecule has 0 fully saturated rings. The van der Waals surface area contributed by atoms with Crippen LogP contribution in [0.25, 0.3) is 5.65 Å². The number of fused-ring (bicyclic) bond motifs is 2. The summed E-state index contributed by atoms with van der Waals surface area (Å²) < 4.78 is 3.58. The zero-order chi connectivity index (χ0) is 15.8. The predicted molar refractivity (Wildman–Crippen MR) is 84.1 cm³/mol. The number of hydrogen-bond donors (Lipinski definition) is 2. The number of aryl methyl sites for hydroxylation is 2. The van der Waals surface area contributed by atoms with E-state index in [-0.39, 0.29) is 6.03 Å². The molecular weight excluding hydrogens is 294 g/mol. The Kier molecular flexibility index (Phi) is 3.22. The summed E-state index contributed by atoms with van der Waals surface area (Å²) in [6.45, 7) is 0.303. The number of anilines is 1. The number of rotatable bonds is 3. The van der Waals surface area contributed by atoms with Crippen LogP contribution in [0.3, 0.4) is 0 Å². The third kappa shape index (κ3) is 2.41. The van der Waals surface area contributed by atoms with Crippen molar-refractivity contribution in [2.24, 2.45) is 7.05 Å². The van der Waals surface area contributed by atoms with Gasteiger partial charge in [0, 0.05) is 18.8 Å². The minimum absolute atomic E-state index is 0.268. The third-order valence-electron chi connectivity index (χ3n) is 4.09. The van der Waals surface area contributed by atoms with Crippen molar-refractivity contribution in [1.82, 2.24) is 29.7 Å². The first kappa shape index (κ1) is 13.7. The second-order valence-electron chi connectivity index (χ2n) is 5.60. The molecule has 3 aromatic heterocycles. The van der Waals surface area contributed by atoms with E-state index in [1.165, 1.54) is 0 Å². The molecule has 23 heavy (non-hydrogen) atoms. The molecule has 2 N–H and O–H groups in total. The number of amides is 2. The maximum atomic E-state index is 12.2. The van der Waals surface area contributed by atoms with E-state index in [2.05, 4.69) is 25.9 Å². The van der Waals surface area contributed by atoms with Crippen molar-refractivity contribution in [3.05, 3.63) is 41.5 Å². The molecule has 3 aromatic rings. The van der Waals surface area contributed by atoms with Gasteiger partial charge >= 0.3 is 6.03 Å². The molecule has 0 saturated carbocycles. The van der Waals surface area contributed by atoms with Crippen LogP contribution in [0, 0.1) is 0 Å². The average Bonchev–Trinajstić information content (AvgIpc) is 3.23. The van der Waals surface area contributed by atoms with Crippen molar-refractivity contribution in [2.45, 2.75) is 25.8 Å². The average molecular weight is 311 g/mol. The fourth-order valence-electron chi connectivity index (χ4n) is 3.00. The zero-order valence-corrected chi connectivity index (χ0v) is 12.8. The van der Waals surface area contributed by atoms with Gasteiger partial charge in [0.2, 0.25) is 0 Å². The third-order valence-corrected chi connectivity index (χ3v) is 4.09. The second-order valence-corrected chi connectivity index (χ2v) is 5.60. The minimum Gasteiger partial charge on any atom is -0.331 e. The Bertz CT molecular complexity index is 879. The number of carbonyl (C=O) groups excluding carboxylic acids is 1. The van der Waals surface area contributed by atoms with Gasteiger partial charge in [-0.15, -0.1) is 10.2 Å². The van der Waals surface area contributed by atoms with Crippen LogP contribution in [-0.4, -0.2) is 30.4 Å². The largest absolute Gasteiger partial charge is 0.331 e. The van der Waals surface area contributed by atoms with E-state index in [1.807, 2.05) is 35.8 Å². The van der Waals surface area contributed by atoms with Crippen LogP contribution in [0.2, 0.25) is 0 Å². The number of carbonyl (C=O) groups is 1. The summed E-state index contributed by atoms with van der Waals surface area (Å²) >= 11 is 0. The van der Waals surface area contributed by atoms with E-state index >= 15 is 0 Å². The fraction of sp³-hybridized carbons (Fsp3) is 0.333. The molecule has 0 aliphatic heterocycles. The van der Waals surface area contributed by atoms with Gasteiger partial charge in [-0.3, -0.25) is 14.4 Å². The lowest BCUT2D eigenvalue weighted by molar-refractivity contribution is 0.251. The van der Waals surface area contributed by atoms with Crippen LogP contribution in [-0.2, 0) is 26.4 Å². The highest BCUT2D eigenvalue weighted by Gasteiger charge is 2.22. The number of nitrogens with one attached hydrogen (secondary N) is 2. The van der Waals surface area contributed by atoms with Gasteiger partial charge < -0.3 is 5.32 Å². The Labute approximate surface area is 132 Å². The summed E-state index contributed by atoms with van der Waals surface area (Å²) in [6, 6.07) is 5.40. The monoisotopic (exact) mass is 311 g/mol. The molecule has 4 rings (SSSR count). The Morgan fingerprint density at radius 1 is 1.30 bits per heavy atom. The summed E-state index contributed by atoms with van der Waals surface area (Å²) in [7, 11) is 1.85. The Morgan fingerprint density at radius 3 is 3.13 bits per heavy atom. The highest BCUT2D eigenvalue weighted by molar-refractivity contribution is 5.89. The SMILES string of the molecule is Cn1nc2c(c1NC(=O)NCc1nnc3ccccn13)CCC2. The van der Waals surface area contributed by atoms with E-state index in [4.69, 9.17) is 0 Å². The van der Waals surface area contributed by atoms with Gasteiger partial charge in [-0.2, -0.15) is 5.10 Å². The first-order chi connectivity index (χ1) is 11.2. The second kappa shape index (κ2) is 5.38. The first-order valence-corrected chi connectivity index (χ1v) is 7.60. The summed E-state index contributed by atoms with van der Waals surface area (Å²) in [5.41, 5.74) is 3.00. The molecule has 0 saturated heterocycles. The zero-order valence-electron chi connectivity index (χ0n) is 12.8. The molecule has 0 bridgehead atoms. The highest BCUT2D eigenvalue weighted by Crippen LogP contribution is 2.27. The Balaban J connectivity index is 1.45. The fourth-order valence-corrected chi connectivity index (χ4v) is 3.00. The molecule has 1 aliphatic rings. The van der Waals surface area contributed by atoms with Gasteiger partial charge in [0.05, 0.1) is 12.2 Å². The van der Waals surface area contributed by atoms with Gasteiger partial charge in [0.25, 0.3) is 0 Å². The van der Waals surface area contributed by atoms with Crippen LogP contribution in [0.5, 0.6) is 0 Å². The molecule has 0 radical (unpaired) electrons. The number of pyridine rings is 1. The van der Waals surface area contributed by atoms with Crippen LogP contribution in [0.4, 0.5) is 10.6 Å². The molecule has 0 aromatic carbocycles. The summed E-state index contributed by atoms with van der Waals surface area (Å²) in [4.78, 5) is 12.2. The molecule has 3 heterocycles. The van der Waals surface area contributed by atoms with Crippen molar-refractivity contribution >= 4 is 17.5 Å². The lowest BCUT2D eigenvalue weighted by Crippen LogP contribution is -2.30. The maximum Gasteiger partial charge on any atom is 0.320 e. The molecule has 1 aliphatic carbocycles. The van der Waals surface area contributed by atoms with Gasteiger partial charge in [-0.1, -0.05) is 6.07 Å². The summed E-state index contributed by atoms with van der Waals surface area (Å²) in [5.74, 6) is 1.46. The molecular formula is C15H17N7O. The standard InChI is InChI=1S/C15H17N7O/c1-21-14(10-5-4-6-11(10)20-21)17-15(23)16-9-13-19-18-12-7-2-3-8-22(12)13/h2-3,7-8H,4-6,9H2,1H3,(H2,16,17,23). The van der Waals surface area contributed by atoms with Crippen molar-refractivity contribution in [1.29, 1.82) is 0 Å². The molecule has 8 nitrogen and oxygen atoms in total. The summed E-state index contributed by atoms with van der Waals surface area (Å²) in [5, 5.41) is 18.3. The lowest BCUT2D eigenvalue weighted by atomic mass is 10.2. The molecule has 2 amide bonds. The van der Waals surface area contributed by atoms with E-state index in [0.717, 1.165) is 42.0 Å². The van der Waals surface area contributed by atoms with E-state index < -0.39 is 0 Å². The Morgan fingerprint density at radius 2 is 2.22 bits per heavy atom. The van der Waals surface area contributed by atoms with Crippen LogP contribution < -0.4 is 10.6 Å². The Hall–Kier alpha value is -2.90. The van der Waals surface area contributed by atoms with E-state index in [9.17, 15) is 4.79 Å². The minimum atomic E-state index is -0.268. The first-order valence-electron chi connectivity index (χ1n) is 7.60. The van der Waals surface area contributed by atoms with Crippen molar-refractivity contribution in [3.8, 4) is 0 Å². The molecule has 8 heteroatoms. The number of aromatic nitrogens is 5. The van der Waals surface area contributed by atoms with Crippen LogP contribution in [0.1, 0.15) is 23.5 Å². The van der Waals surface area contributed by atoms with Gasteiger partial charge in [0.15, 0.2) is 11.5 Å². The van der Waals surface area contributed by atoms with E-state index in [0.29, 0.717) is 12.4 Å². The van der Waals surface area contributed by atoms with Crippen LogP contribution in [0.15, 0.2) is 24.4 Å². The van der Waals surface area contributed by atoms with Crippen molar-refractivity contribution < 1.29 is 4.79 Å². The molecule has 0 unspecified atom stereocenters. The molecule has 0 atom stereocenters. The lowest BCUT2D eigenvalue weighted by Gasteiger charge is -2.08. The van der Waals surface area contributed by atoms with Crippen molar-refractivity contribution in [2.75, 3.05) is 5.32 Å².